The Labute approximate surface area is 477 Å². The molecule has 2 unspecified atom stereocenters. The van der Waals surface area contributed by atoms with Crippen LogP contribution < -0.4 is 36.0 Å². The van der Waals surface area contributed by atoms with Gasteiger partial charge in [-0.15, -0.1) is 0 Å². The van der Waals surface area contributed by atoms with E-state index in [4.69, 9.17) is 0 Å². The predicted molar refractivity (Wildman–Crippen MR) is 344 cm³/mol. The summed E-state index contributed by atoms with van der Waals surface area (Å²) in [5, 5.41) is 0. The molecule has 1 fully saturated rings. The number of hydrogen-bond donors (Lipinski definition) is 0. The fraction of sp³-hybridized carbons (Fsp3) is 0.280. The van der Waals surface area contributed by atoms with Crippen molar-refractivity contribution in [1.82, 2.24) is 0 Å². The summed E-state index contributed by atoms with van der Waals surface area (Å²) in [6.45, 7) is 28.4. The molecule has 0 N–H and O–H groups in total. The second-order valence-electron chi connectivity index (χ2n) is 27.1. The molecule has 0 saturated heterocycles. The zero-order chi connectivity index (χ0) is 55.7. The van der Waals surface area contributed by atoms with Gasteiger partial charge in [0, 0.05) is 67.9 Å². The lowest BCUT2D eigenvalue weighted by atomic mass is 9.33. The highest BCUT2D eigenvalue weighted by atomic mass is 15.3. The van der Waals surface area contributed by atoms with Crippen LogP contribution in [0.25, 0.3) is 11.1 Å². The number of anilines is 11. The maximum Gasteiger partial charge on any atom is 0.252 e. The lowest BCUT2D eigenvalue weighted by Crippen LogP contribution is -2.61. The van der Waals surface area contributed by atoms with Gasteiger partial charge in [0.15, 0.2) is 0 Å². The Morgan fingerprint density at radius 1 is 0.425 bits per heavy atom. The molecule has 1 saturated carbocycles. The molecule has 4 nitrogen and oxygen atoms in total. The average molecular weight is 1050 g/mol. The summed E-state index contributed by atoms with van der Waals surface area (Å²) in [5.41, 5.74) is 26.2. The third-order valence-corrected chi connectivity index (χ3v) is 18.9. The van der Waals surface area contributed by atoms with Gasteiger partial charge in [-0.05, 0) is 190 Å². The summed E-state index contributed by atoms with van der Waals surface area (Å²) < 4.78 is 0. The summed E-state index contributed by atoms with van der Waals surface area (Å²) >= 11 is 0. The minimum Gasteiger partial charge on any atom is -0.334 e. The van der Waals surface area contributed by atoms with Crippen molar-refractivity contribution in [3.8, 4) is 11.1 Å². The van der Waals surface area contributed by atoms with E-state index in [1.807, 2.05) is 0 Å². The minimum atomic E-state index is -0.168. The van der Waals surface area contributed by atoms with E-state index >= 15 is 0 Å². The van der Waals surface area contributed by atoms with Gasteiger partial charge in [0.1, 0.15) is 0 Å². The summed E-state index contributed by atoms with van der Waals surface area (Å²) in [4.78, 5) is 10.5. The van der Waals surface area contributed by atoms with E-state index in [-0.39, 0.29) is 33.9 Å². The smallest absolute Gasteiger partial charge is 0.252 e. The van der Waals surface area contributed by atoms with Crippen LogP contribution in [0, 0.1) is 6.92 Å². The molecule has 400 valence electrons. The van der Waals surface area contributed by atoms with Crippen LogP contribution in [-0.2, 0) is 21.7 Å². The fourth-order valence-corrected chi connectivity index (χ4v) is 14.3. The second-order valence-corrected chi connectivity index (χ2v) is 27.1. The van der Waals surface area contributed by atoms with Crippen LogP contribution in [-0.4, -0.2) is 12.3 Å². The Balaban J connectivity index is 1.05. The zero-order valence-corrected chi connectivity index (χ0v) is 49.2. The first-order chi connectivity index (χ1) is 38.2. The molecule has 0 bridgehead atoms. The molecule has 0 spiro atoms. The summed E-state index contributed by atoms with van der Waals surface area (Å²) in [6.07, 6.45) is 4.66. The van der Waals surface area contributed by atoms with Crippen molar-refractivity contribution < 1.29 is 0 Å². The maximum atomic E-state index is 2.78. The van der Waals surface area contributed by atoms with Crippen molar-refractivity contribution >= 4 is 85.7 Å². The van der Waals surface area contributed by atoms with Gasteiger partial charge in [-0.2, -0.15) is 0 Å². The number of fused-ring (bicyclic) bond motifs is 7. The van der Waals surface area contributed by atoms with Gasteiger partial charge in [-0.25, -0.2) is 0 Å². The molecule has 5 heteroatoms. The number of hydrogen-bond acceptors (Lipinski definition) is 4. The third-order valence-electron chi connectivity index (χ3n) is 18.9. The molecular weight excluding hydrogens is 968 g/mol. The van der Waals surface area contributed by atoms with E-state index in [1.165, 1.54) is 119 Å². The van der Waals surface area contributed by atoms with Gasteiger partial charge >= 0.3 is 0 Å². The molecule has 80 heavy (non-hydrogen) atoms. The normalized spacial score (nSPS) is 18.3. The molecule has 4 aliphatic rings. The first kappa shape index (κ1) is 51.7. The third kappa shape index (κ3) is 8.23. The highest BCUT2D eigenvalue weighted by molar-refractivity contribution is 7.00. The lowest BCUT2D eigenvalue weighted by molar-refractivity contribution is 0.195. The van der Waals surface area contributed by atoms with Crippen LogP contribution in [0.15, 0.2) is 200 Å². The fourth-order valence-electron chi connectivity index (χ4n) is 14.3. The van der Waals surface area contributed by atoms with Crippen molar-refractivity contribution in [2.24, 2.45) is 0 Å². The van der Waals surface area contributed by atoms with Crippen LogP contribution in [0.3, 0.4) is 0 Å². The number of benzene rings is 9. The van der Waals surface area contributed by atoms with Gasteiger partial charge in [0.05, 0.1) is 11.2 Å². The Hall–Kier alpha value is -7.76. The number of rotatable bonds is 7. The largest absolute Gasteiger partial charge is 0.334 e. The van der Waals surface area contributed by atoms with Crippen molar-refractivity contribution in [3.63, 3.8) is 0 Å². The number of para-hydroxylation sites is 2. The summed E-state index contributed by atoms with van der Waals surface area (Å²) in [7, 11) is 0. The van der Waals surface area contributed by atoms with E-state index in [9.17, 15) is 0 Å². The molecule has 9 aromatic rings. The van der Waals surface area contributed by atoms with E-state index < -0.39 is 0 Å². The second kappa shape index (κ2) is 18.7. The van der Waals surface area contributed by atoms with Crippen LogP contribution in [0.4, 0.5) is 62.6 Å². The van der Waals surface area contributed by atoms with Crippen LogP contribution in [0.2, 0.25) is 0 Å². The Kier molecular flexibility index (Phi) is 12.1. The SMILES string of the molecule is Cc1cc2c3c(c1)N(c1ccc(C(C)(C)C)cc1-c1ccccc1)c1ccc(C(C)(C)C)cc1B3c1ccc(N3c4ccc(N(c5ccccc5)c5ccccc5)cc4C4(C)CCCCC34C)cc1N2c1ccc(C(C)(C)C)cc1. The Morgan fingerprint density at radius 3 is 1.59 bits per heavy atom. The highest BCUT2D eigenvalue weighted by Gasteiger charge is 2.58. The van der Waals surface area contributed by atoms with Gasteiger partial charge in [-0.3, -0.25) is 0 Å². The molecular formula is C75H77BN4. The zero-order valence-electron chi connectivity index (χ0n) is 49.2. The quantitative estimate of drug-likeness (QED) is 0.148. The monoisotopic (exact) mass is 1040 g/mol. The van der Waals surface area contributed by atoms with E-state index in [2.05, 4.69) is 303 Å². The molecule has 13 rings (SSSR count). The van der Waals surface area contributed by atoms with Crippen LogP contribution in [0.5, 0.6) is 0 Å². The van der Waals surface area contributed by atoms with Crippen LogP contribution in [0.1, 0.15) is 130 Å². The maximum absolute atomic E-state index is 2.78. The van der Waals surface area contributed by atoms with Gasteiger partial charge in [0.2, 0.25) is 0 Å². The molecule has 2 atom stereocenters. The Bertz CT molecular complexity index is 3810. The van der Waals surface area contributed by atoms with Gasteiger partial charge < -0.3 is 19.6 Å². The standard InChI is InChI=1S/C75H77BN4/c1-50-44-68-70-69(45-50)79(64-39-32-53(72(5,6)7)46-60(64)51-24-16-13-17-25-51)66-40-33-54(73(8,9)10)47-63(66)76(70)62-38-36-59(49-67(62)78(68)57-34-30-52(31-35-57)71(2,3)4)80-65-41-37-58(48-61(65)74(11)42-22-23-43-75(74,80)12)77(55-26-18-14-19-27-55)56-28-20-15-21-29-56/h13-21,24-41,44-49H,22-23,42-43H2,1-12H3. The van der Waals surface area contributed by atoms with Crippen molar-refractivity contribution in [3.05, 3.63) is 228 Å². The van der Waals surface area contributed by atoms with Crippen molar-refractivity contribution in [2.45, 2.75) is 136 Å². The van der Waals surface area contributed by atoms with E-state index in [0.29, 0.717) is 0 Å². The average Bonchev–Trinajstić information content (AvgIpc) is 3.89. The van der Waals surface area contributed by atoms with Gasteiger partial charge in [-0.1, -0.05) is 185 Å². The van der Waals surface area contributed by atoms with Crippen LogP contribution >= 0.6 is 0 Å². The first-order valence-electron chi connectivity index (χ1n) is 29.4. The molecule has 9 aromatic carbocycles. The van der Waals surface area contributed by atoms with E-state index in [0.717, 1.165) is 24.2 Å². The molecule has 0 aromatic heterocycles. The van der Waals surface area contributed by atoms with Crippen molar-refractivity contribution in [2.75, 3.05) is 19.6 Å². The number of aryl methyl sites for hydroxylation is 1. The highest BCUT2D eigenvalue weighted by Crippen LogP contribution is 2.62. The predicted octanol–water partition coefficient (Wildman–Crippen LogP) is 18.8. The number of nitrogens with zero attached hydrogens (tertiary/aromatic N) is 4. The van der Waals surface area contributed by atoms with E-state index in [1.54, 1.807) is 0 Å². The van der Waals surface area contributed by atoms with Crippen molar-refractivity contribution in [1.29, 1.82) is 0 Å². The lowest BCUT2D eigenvalue weighted by Gasteiger charge is -2.50. The van der Waals surface area contributed by atoms with Gasteiger partial charge in [0.25, 0.3) is 6.71 Å². The molecule has 0 radical (unpaired) electrons. The summed E-state index contributed by atoms with van der Waals surface area (Å²) in [5.74, 6) is 0. The molecule has 3 heterocycles. The topological polar surface area (TPSA) is 13.0 Å². The molecule has 1 aliphatic carbocycles. The molecule has 3 aliphatic heterocycles. The summed E-state index contributed by atoms with van der Waals surface area (Å²) in [6, 6.07) is 76.8. The molecule has 0 amide bonds. The first-order valence-corrected chi connectivity index (χ1v) is 29.4. The Morgan fingerprint density at radius 2 is 0.963 bits per heavy atom. The minimum absolute atomic E-state index is 0.0113.